The Bertz CT molecular complexity index is 666. The van der Waals surface area contributed by atoms with Crippen LogP contribution in [0.1, 0.15) is 12.8 Å². The minimum Gasteiger partial charge on any atom is -0.379 e. The Hall–Kier alpha value is -1.26. The lowest BCUT2D eigenvalue weighted by atomic mass is 10.2. The van der Waals surface area contributed by atoms with E-state index in [1.165, 1.54) is 10.4 Å². The number of anilines is 1. The summed E-state index contributed by atoms with van der Waals surface area (Å²) in [7, 11) is -3.96. The SMILES string of the molecule is Cl.NCCCC(=O)Nc1ccc(F)c(S(=O)(=O)N2CCOCC2)c1. The van der Waals surface area contributed by atoms with Crippen LogP contribution >= 0.6 is 12.4 Å². The summed E-state index contributed by atoms with van der Waals surface area (Å²) < 4.78 is 45.3. The van der Waals surface area contributed by atoms with Gasteiger partial charge in [-0.3, -0.25) is 4.79 Å². The van der Waals surface area contributed by atoms with Crippen LogP contribution in [-0.4, -0.2) is 51.5 Å². The summed E-state index contributed by atoms with van der Waals surface area (Å²) in [6.45, 7) is 1.28. The molecule has 10 heteroatoms. The summed E-state index contributed by atoms with van der Waals surface area (Å²) in [4.78, 5) is 11.2. The number of hydrogen-bond acceptors (Lipinski definition) is 5. The molecule has 0 aliphatic carbocycles. The van der Waals surface area contributed by atoms with Gasteiger partial charge >= 0.3 is 0 Å². The van der Waals surface area contributed by atoms with Gasteiger partial charge in [0.1, 0.15) is 10.7 Å². The monoisotopic (exact) mass is 381 g/mol. The minimum atomic E-state index is -3.96. The van der Waals surface area contributed by atoms with Crippen LogP contribution in [0.3, 0.4) is 0 Å². The number of nitrogens with zero attached hydrogens (tertiary/aromatic N) is 1. The standard InChI is InChI=1S/C14H20FN3O4S.ClH/c15-12-4-3-11(17-14(19)2-1-5-16)10-13(12)23(20,21)18-6-8-22-9-7-18;/h3-4,10H,1-2,5-9,16H2,(H,17,19);1H. The van der Waals surface area contributed by atoms with Crippen LogP contribution in [0.5, 0.6) is 0 Å². The molecule has 1 aliphatic heterocycles. The average molecular weight is 382 g/mol. The molecule has 1 heterocycles. The van der Waals surface area contributed by atoms with Crippen molar-refractivity contribution in [2.24, 2.45) is 5.73 Å². The molecular formula is C14H21ClFN3O4S. The van der Waals surface area contributed by atoms with Crippen LogP contribution in [0.4, 0.5) is 10.1 Å². The van der Waals surface area contributed by atoms with Crippen molar-refractivity contribution in [1.29, 1.82) is 0 Å². The van der Waals surface area contributed by atoms with Gasteiger partial charge in [0.15, 0.2) is 0 Å². The molecule has 24 heavy (non-hydrogen) atoms. The number of amides is 1. The van der Waals surface area contributed by atoms with Gasteiger partial charge in [0, 0.05) is 25.2 Å². The second kappa shape index (κ2) is 9.28. The number of ether oxygens (including phenoxy) is 1. The van der Waals surface area contributed by atoms with Crippen molar-refractivity contribution in [3.8, 4) is 0 Å². The highest BCUT2D eigenvalue weighted by Gasteiger charge is 2.29. The van der Waals surface area contributed by atoms with Crippen molar-refractivity contribution in [1.82, 2.24) is 4.31 Å². The van der Waals surface area contributed by atoms with Crippen LogP contribution in [-0.2, 0) is 19.6 Å². The maximum absolute atomic E-state index is 14.0. The van der Waals surface area contributed by atoms with Crippen LogP contribution in [0.25, 0.3) is 0 Å². The highest BCUT2D eigenvalue weighted by molar-refractivity contribution is 7.89. The van der Waals surface area contributed by atoms with Crippen molar-refractivity contribution >= 4 is 34.0 Å². The number of benzene rings is 1. The van der Waals surface area contributed by atoms with Crippen molar-refractivity contribution < 1.29 is 22.3 Å². The molecule has 0 atom stereocenters. The van der Waals surface area contributed by atoms with E-state index in [-0.39, 0.29) is 56.7 Å². The fraction of sp³-hybridized carbons (Fsp3) is 0.500. The molecule has 2 rings (SSSR count). The van der Waals surface area contributed by atoms with Gasteiger partial charge in [-0.2, -0.15) is 4.31 Å². The fourth-order valence-corrected chi connectivity index (χ4v) is 3.69. The molecule has 1 aliphatic rings. The van der Waals surface area contributed by atoms with Crippen molar-refractivity contribution in [3.05, 3.63) is 24.0 Å². The van der Waals surface area contributed by atoms with E-state index in [9.17, 15) is 17.6 Å². The number of nitrogens with two attached hydrogens (primary N) is 1. The van der Waals surface area contributed by atoms with E-state index in [1.54, 1.807) is 0 Å². The molecular weight excluding hydrogens is 361 g/mol. The summed E-state index contributed by atoms with van der Waals surface area (Å²) in [5.41, 5.74) is 5.57. The molecule has 0 unspecified atom stereocenters. The van der Waals surface area contributed by atoms with E-state index in [4.69, 9.17) is 10.5 Å². The molecule has 1 aromatic rings. The first-order chi connectivity index (χ1) is 10.9. The third-order valence-corrected chi connectivity index (χ3v) is 5.32. The van der Waals surface area contributed by atoms with E-state index in [2.05, 4.69) is 5.32 Å². The van der Waals surface area contributed by atoms with Crippen LogP contribution in [0, 0.1) is 5.82 Å². The van der Waals surface area contributed by atoms with Gasteiger partial charge in [0.05, 0.1) is 13.2 Å². The highest BCUT2D eigenvalue weighted by Crippen LogP contribution is 2.24. The first kappa shape index (κ1) is 20.8. The number of morpholine rings is 1. The van der Waals surface area contributed by atoms with E-state index < -0.39 is 20.7 Å². The number of hydrogen-bond donors (Lipinski definition) is 2. The Labute approximate surface area is 146 Å². The molecule has 0 spiro atoms. The summed E-state index contributed by atoms with van der Waals surface area (Å²) >= 11 is 0. The van der Waals surface area contributed by atoms with Crippen molar-refractivity contribution in [3.63, 3.8) is 0 Å². The number of halogens is 2. The summed E-state index contributed by atoms with van der Waals surface area (Å²) in [5.74, 6) is -1.15. The second-order valence-corrected chi connectivity index (χ2v) is 7.01. The van der Waals surface area contributed by atoms with Crippen molar-refractivity contribution in [2.75, 3.05) is 38.2 Å². The predicted octanol–water partition coefficient (Wildman–Crippen LogP) is 0.946. The Morgan fingerprint density at radius 1 is 1.33 bits per heavy atom. The summed E-state index contributed by atoms with van der Waals surface area (Å²) in [5, 5.41) is 2.55. The zero-order valence-corrected chi connectivity index (χ0v) is 14.7. The topological polar surface area (TPSA) is 102 Å². The molecule has 1 saturated heterocycles. The van der Waals surface area contributed by atoms with E-state index in [0.29, 0.717) is 13.0 Å². The van der Waals surface area contributed by atoms with Gasteiger partial charge < -0.3 is 15.8 Å². The quantitative estimate of drug-likeness (QED) is 0.763. The molecule has 1 amide bonds. The number of rotatable bonds is 6. The third-order valence-electron chi connectivity index (χ3n) is 3.41. The number of sulfonamides is 1. The molecule has 0 saturated carbocycles. The molecule has 7 nitrogen and oxygen atoms in total. The van der Waals surface area contributed by atoms with Gasteiger partial charge in [-0.1, -0.05) is 0 Å². The van der Waals surface area contributed by atoms with E-state index in [0.717, 1.165) is 12.1 Å². The molecule has 0 bridgehead atoms. The minimum absolute atomic E-state index is 0. The number of carbonyl (C=O) groups is 1. The van der Waals surface area contributed by atoms with Gasteiger partial charge in [-0.25, -0.2) is 12.8 Å². The lowest BCUT2D eigenvalue weighted by molar-refractivity contribution is -0.116. The van der Waals surface area contributed by atoms with E-state index >= 15 is 0 Å². The molecule has 0 aromatic heterocycles. The average Bonchev–Trinajstić information content (AvgIpc) is 2.55. The van der Waals surface area contributed by atoms with Gasteiger partial charge in [0.2, 0.25) is 15.9 Å². The molecule has 136 valence electrons. The van der Waals surface area contributed by atoms with Crippen LogP contribution in [0.2, 0.25) is 0 Å². The Balaban J connectivity index is 0.00000288. The lowest BCUT2D eigenvalue weighted by Gasteiger charge is -2.26. The fourth-order valence-electron chi connectivity index (χ4n) is 2.19. The molecule has 3 N–H and O–H groups in total. The van der Waals surface area contributed by atoms with E-state index in [1.807, 2.05) is 0 Å². The van der Waals surface area contributed by atoms with Crippen LogP contribution < -0.4 is 11.1 Å². The first-order valence-electron chi connectivity index (χ1n) is 7.32. The third kappa shape index (κ3) is 5.12. The largest absolute Gasteiger partial charge is 0.379 e. The normalized spacial score (nSPS) is 15.6. The Kier molecular flexibility index (Phi) is 8.04. The van der Waals surface area contributed by atoms with Crippen LogP contribution in [0.15, 0.2) is 23.1 Å². The van der Waals surface area contributed by atoms with Gasteiger partial charge in [0.25, 0.3) is 0 Å². The maximum Gasteiger partial charge on any atom is 0.246 e. The predicted molar refractivity (Wildman–Crippen MR) is 90.1 cm³/mol. The smallest absolute Gasteiger partial charge is 0.246 e. The Morgan fingerprint density at radius 2 is 2.00 bits per heavy atom. The van der Waals surface area contributed by atoms with Gasteiger partial charge in [-0.05, 0) is 31.2 Å². The highest BCUT2D eigenvalue weighted by atomic mass is 35.5. The zero-order valence-electron chi connectivity index (χ0n) is 13.0. The zero-order chi connectivity index (χ0) is 16.9. The second-order valence-electron chi connectivity index (χ2n) is 5.10. The van der Waals surface area contributed by atoms with Crippen molar-refractivity contribution in [2.45, 2.75) is 17.7 Å². The maximum atomic E-state index is 14.0. The first-order valence-corrected chi connectivity index (χ1v) is 8.76. The van der Waals surface area contributed by atoms with Gasteiger partial charge in [-0.15, -0.1) is 12.4 Å². The number of nitrogens with one attached hydrogen (secondary N) is 1. The number of carbonyl (C=O) groups excluding carboxylic acids is 1. The summed E-state index contributed by atoms with van der Waals surface area (Å²) in [6, 6.07) is 3.50. The molecule has 1 fully saturated rings. The summed E-state index contributed by atoms with van der Waals surface area (Å²) in [6.07, 6.45) is 0.741. The molecule has 1 aromatic carbocycles. The Morgan fingerprint density at radius 3 is 2.62 bits per heavy atom. The lowest BCUT2D eigenvalue weighted by Crippen LogP contribution is -2.40. The molecule has 0 radical (unpaired) electrons.